The van der Waals surface area contributed by atoms with E-state index in [9.17, 15) is 8.42 Å². The number of pyridine rings is 1. The zero-order chi connectivity index (χ0) is 21.4. The van der Waals surface area contributed by atoms with Crippen LogP contribution >= 0.6 is 0 Å². The van der Waals surface area contributed by atoms with Crippen LogP contribution in [0.3, 0.4) is 0 Å². The molecular formula is C24H24N4O2S. The maximum absolute atomic E-state index is 13.0. The molecule has 3 heterocycles. The summed E-state index contributed by atoms with van der Waals surface area (Å²) in [7, 11) is -1.78. The van der Waals surface area contributed by atoms with Crippen LogP contribution in [0.2, 0.25) is 0 Å². The highest BCUT2D eigenvalue weighted by atomic mass is 32.2. The fourth-order valence-corrected chi connectivity index (χ4v) is 5.35. The zero-order valence-corrected chi connectivity index (χ0v) is 18.1. The minimum Gasteiger partial charge on any atom is -0.372 e. The molecule has 1 fully saturated rings. The summed E-state index contributed by atoms with van der Waals surface area (Å²) in [4.78, 5) is 7.13. The Balaban J connectivity index is 1.62. The number of benzene rings is 2. The number of fused-ring (bicyclic) bond motifs is 1. The molecule has 0 unspecified atom stereocenters. The number of anilines is 2. The maximum atomic E-state index is 13.0. The number of nitrogens with one attached hydrogen (secondary N) is 1. The van der Waals surface area contributed by atoms with E-state index in [2.05, 4.69) is 38.9 Å². The van der Waals surface area contributed by atoms with E-state index in [1.807, 2.05) is 17.8 Å². The molecule has 31 heavy (non-hydrogen) atoms. The predicted molar refractivity (Wildman–Crippen MR) is 125 cm³/mol. The molecule has 7 heteroatoms. The number of nitrogens with zero attached hydrogens (tertiary/aromatic N) is 3. The molecule has 0 radical (unpaired) electrons. The number of hydrogen-bond donors (Lipinski definition) is 1. The third-order valence-corrected chi connectivity index (χ3v) is 7.16. The number of rotatable bonds is 5. The normalized spacial score (nSPS) is 14.3. The van der Waals surface area contributed by atoms with Gasteiger partial charge in [-0.2, -0.15) is 0 Å². The van der Waals surface area contributed by atoms with E-state index in [1.54, 1.807) is 42.6 Å². The van der Waals surface area contributed by atoms with Crippen molar-refractivity contribution in [2.45, 2.75) is 17.7 Å². The lowest BCUT2D eigenvalue weighted by Gasteiger charge is -2.18. The minimum atomic E-state index is -3.71. The number of aromatic nitrogens is 2. The molecule has 0 saturated carbocycles. The second-order valence-electron chi connectivity index (χ2n) is 7.87. The van der Waals surface area contributed by atoms with Gasteiger partial charge in [0.1, 0.15) is 5.65 Å². The second kappa shape index (κ2) is 7.74. The summed E-state index contributed by atoms with van der Waals surface area (Å²) in [6.07, 6.45) is 6.08. The van der Waals surface area contributed by atoms with E-state index >= 15 is 0 Å². The van der Waals surface area contributed by atoms with Gasteiger partial charge in [0.25, 0.3) is 10.0 Å². The van der Waals surface area contributed by atoms with Crippen LogP contribution in [0.1, 0.15) is 12.8 Å². The molecule has 2 aromatic heterocycles. The van der Waals surface area contributed by atoms with Crippen molar-refractivity contribution in [3.8, 4) is 11.1 Å². The van der Waals surface area contributed by atoms with Gasteiger partial charge in [0.15, 0.2) is 0 Å². The summed E-state index contributed by atoms with van der Waals surface area (Å²) in [6.45, 7) is 2.14. The summed E-state index contributed by atoms with van der Waals surface area (Å²) < 4.78 is 30.7. The lowest BCUT2D eigenvalue weighted by Crippen LogP contribution is -2.17. The molecule has 1 saturated heterocycles. The Morgan fingerprint density at radius 1 is 0.968 bits per heavy atom. The van der Waals surface area contributed by atoms with Gasteiger partial charge in [0, 0.05) is 43.8 Å². The monoisotopic (exact) mass is 432 g/mol. The van der Waals surface area contributed by atoms with Crippen molar-refractivity contribution >= 4 is 32.4 Å². The first-order valence-electron chi connectivity index (χ1n) is 10.4. The summed E-state index contributed by atoms with van der Waals surface area (Å²) >= 11 is 0. The van der Waals surface area contributed by atoms with Crippen LogP contribution in [0.4, 0.5) is 11.4 Å². The maximum Gasteiger partial charge on any atom is 0.261 e. The molecule has 0 atom stereocenters. The van der Waals surface area contributed by atoms with Crippen LogP contribution in [0.15, 0.2) is 78.0 Å². The first-order chi connectivity index (χ1) is 15.0. The third kappa shape index (κ3) is 3.65. The summed E-state index contributed by atoms with van der Waals surface area (Å²) in [6, 6.07) is 18.6. The Morgan fingerprint density at radius 2 is 1.74 bits per heavy atom. The predicted octanol–water partition coefficient (Wildman–Crippen LogP) is 4.64. The van der Waals surface area contributed by atoms with Crippen LogP contribution in [0, 0.1) is 0 Å². The highest BCUT2D eigenvalue weighted by molar-refractivity contribution is 7.92. The molecule has 5 rings (SSSR count). The van der Waals surface area contributed by atoms with Gasteiger partial charge in [0.05, 0.1) is 16.0 Å². The molecule has 158 valence electrons. The highest BCUT2D eigenvalue weighted by Crippen LogP contribution is 2.37. The van der Waals surface area contributed by atoms with E-state index in [0.29, 0.717) is 5.69 Å². The molecule has 0 aliphatic carbocycles. The molecule has 2 aromatic carbocycles. The van der Waals surface area contributed by atoms with E-state index in [0.717, 1.165) is 35.2 Å². The standard InChI is InChI=1S/C24H24N4O2S/c1-27-17-21(18-8-7-9-19(16-18)28-14-5-6-15-28)23-22(12-13-25-24(23)27)26-31(29,30)20-10-3-2-4-11-20/h2-4,7-13,16-17H,5-6,14-15H2,1H3,(H,25,26). The molecule has 6 nitrogen and oxygen atoms in total. The Bertz CT molecular complexity index is 1340. The molecule has 0 spiro atoms. The summed E-state index contributed by atoms with van der Waals surface area (Å²) in [5.41, 5.74) is 4.45. The van der Waals surface area contributed by atoms with E-state index in [4.69, 9.17) is 0 Å². The Hall–Kier alpha value is -3.32. The Morgan fingerprint density at radius 3 is 2.52 bits per heavy atom. The van der Waals surface area contributed by atoms with Crippen molar-refractivity contribution in [2.75, 3.05) is 22.7 Å². The van der Waals surface area contributed by atoms with Crippen molar-refractivity contribution in [3.63, 3.8) is 0 Å². The molecule has 1 aliphatic rings. The van der Waals surface area contributed by atoms with Crippen LogP contribution in [-0.4, -0.2) is 31.1 Å². The average Bonchev–Trinajstić information content (AvgIpc) is 3.44. The fraction of sp³-hybridized carbons (Fsp3) is 0.208. The SMILES string of the molecule is Cn1cc(-c2cccc(N3CCCC3)c2)c2c(NS(=O)(=O)c3ccccc3)ccnc21. The zero-order valence-electron chi connectivity index (χ0n) is 17.3. The number of aryl methyl sites for hydroxylation is 1. The van der Waals surface area contributed by atoms with E-state index < -0.39 is 10.0 Å². The minimum absolute atomic E-state index is 0.230. The van der Waals surface area contributed by atoms with Crippen molar-refractivity contribution in [3.05, 3.63) is 73.1 Å². The van der Waals surface area contributed by atoms with Gasteiger partial charge in [-0.05, 0) is 48.7 Å². The van der Waals surface area contributed by atoms with Gasteiger partial charge in [0.2, 0.25) is 0 Å². The third-order valence-electron chi connectivity index (χ3n) is 5.78. The average molecular weight is 433 g/mol. The number of sulfonamides is 1. The van der Waals surface area contributed by atoms with Crippen molar-refractivity contribution < 1.29 is 8.42 Å². The van der Waals surface area contributed by atoms with Crippen LogP contribution < -0.4 is 9.62 Å². The van der Waals surface area contributed by atoms with Crippen molar-refractivity contribution in [1.82, 2.24) is 9.55 Å². The molecule has 4 aromatic rings. The van der Waals surface area contributed by atoms with E-state index in [-0.39, 0.29) is 4.90 Å². The van der Waals surface area contributed by atoms with Crippen molar-refractivity contribution in [1.29, 1.82) is 0 Å². The van der Waals surface area contributed by atoms with Crippen LogP contribution in [-0.2, 0) is 17.1 Å². The quantitative estimate of drug-likeness (QED) is 0.499. The fourth-order valence-electron chi connectivity index (χ4n) is 4.26. The largest absolute Gasteiger partial charge is 0.372 e. The topological polar surface area (TPSA) is 67.2 Å². The molecule has 0 amide bonds. The van der Waals surface area contributed by atoms with Gasteiger partial charge in [-0.25, -0.2) is 13.4 Å². The molecule has 1 N–H and O–H groups in total. The van der Waals surface area contributed by atoms with Crippen LogP contribution in [0.5, 0.6) is 0 Å². The first-order valence-corrected chi connectivity index (χ1v) is 11.9. The van der Waals surface area contributed by atoms with Crippen LogP contribution in [0.25, 0.3) is 22.2 Å². The molecule has 1 aliphatic heterocycles. The smallest absolute Gasteiger partial charge is 0.261 e. The highest BCUT2D eigenvalue weighted by Gasteiger charge is 2.20. The summed E-state index contributed by atoms with van der Waals surface area (Å²) in [5, 5.41) is 0.795. The van der Waals surface area contributed by atoms with E-state index in [1.165, 1.54) is 18.5 Å². The van der Waals surface area contributed by atoms with Gasteiger partial charge < -0.3 is 9.47 Å². The second-order valence-corrected chi connectivity index (χ2v) is 9.56. The lowest BCUT2D eigenvalue weighted by molar-refractivity contribution is 0.601. The van der Waals surface area contributed by atoms with Gasteiger partial charge in [-0.15, -0.1) is 0 Å². The lowest BCUT2D eigenvalue weighted by atomic mass is 10.0. The Kier molecular flexibility index (Phi) is 4.90. The van der Waals surface area contributed by atoms with Gasteiger partial charge in [-0.3, -0.25) is 4.72 Å². The number of hydrogen-bond acceptors (Lipinski definition) is 4. The molecule has 0 bridgehead atoms. The first kappa shape index (κ1) is 19.6. The molecular weight excluding hydrogens is 408 g/mol. The van der Waals surface area contributed by atoms with Gasteiger partial charge >= 0.3 is 0 Å². The Labute approximate surface area is 182 Å². The summed E-state index contributed by atoms with van der Waals surface area (Å²) in [5.74, 6) is 0. The van der Waals surface area contributed by atoms with Crippen molar-refractivity contribution in [2.24, 2.45) is 7.05 Å². The van der Waals surface area contributed by atoms with Gasteiger partial charge in [-0.1, -0.05) is 30.3 Å².